The van der Waals surface area contributed by atoms with E-state index in [1.807, 2.05) is 6.07 Å². The molecule has 0 spiro atoms. The second-order valence-corrected chi connectivity index (χ2v) is 7.37. The van der Waals surface area contributed by atoms with Crippen molar-refractivity contribution in [1.29, 1.82) is 0 Å². The van der Waals surface area contributed by atoms with Gasteiger partial charge in [0.1, 0.15) is 5.75 Å². The number of ether oxygens (including phenoxy) is 2. The normalized spacial score (nSPS) is 10.3. The minimum atomic E-state index is -0.579. The number of amides is 1. The van der Waals surface area contributed by atoms with Gasteiger partial charge in [0.05, 0.1) is 22.0 Å². The van der Waals surface area contributed by atoms with Crippen molar-refractivity contribution in [2.45, 2.75) is 13.3 Å². The van der Waals surface area contributed by atoms with Crippen LogP contribution in [0, 0.1) is 0 Å². The minimum Gasteiger partial charge on any atom is -0.496 e. The second kappa shape index (κ2) is 9.49. The largest absolute Gasteiger partial charge is 0.496 e. The third-order valence-electron chi connectivity index (χ3n) is 3.40. The SMILES string of the molecule is COc1ccc(C(=O)OCC(=O)c2ccc(CCNC(C)=O)s2)cc1Br. The van der Waals surface area contributed by atoms with Crippen LogP contribution in [0.4, 0.5) is 0 Å². The predicted octanol–water partition coefficient (Wildman–Crippen LogP) is 3.24. The molecule has 0 bridgehead atoms. The van der Waals surface area contributed by atoms with Gasteiger partial charge in [-0.1, -0.05) is 0 Å². The van der Waals surface area contributed by atoms with Crippen LogP contribution in [-0.4, -0.2) is 37.9 Å². The minimum absolute atomic E-state index is 0.0880. The summed E-state index contributed by atoms with van der Waals surface area (Å²) >= 11 is 4.63. The van der Waals surface area contributed by atoms with Gasteiger partial charge in [-0.15, -0.1) is 11.3 Å². The van der Waals surface area contributed by atoms with Crippen molar-refractivity contribution in [3.63, 3.8) is 0 Å². The third kappa shape index (κ3) is 5.67. The number of thiophene rings is 1. The van der Waals surface area contributed by atoms with Gasteiger partial charge in [-0.2, -0.15) is 0 Å². The zero-order valence-electron chi connectivity index (χ0n) is 14.3. The van der Waals surface area contributed by atoms with Gasteiger partial charge in [0.25, 0.3) is 0 Å². The summed E-state index contributed by atoms with van der Waals surface area (Å²) in [6, 6.07) is 8.33. The fraction of sp³-hybridized carbons (Fsp3) is 0.278. The van der Waals surface area contributed by atoms with Gasteiger partial charge in [0.15, 0.2) is 6.61 Å². The van der Waals surface area contributed by atoms with E-state index in [0.29, 0.717) is 33.6 Å². The number of carbonyl (C=O) groups excluding carboxylic acids is 3. The molecule has 138 valence electrons. The van der Waals surface area contributed by atoms with Crippen molar-refractivity contribution in [1.82, 2.24) is 5.32 Å². The van der Waals surface area contributed by atoms with Crippen molar-refractivity contribution in [3.05, 3.63) is 50.1 Å². The number of Topliss-reactive ketones (excluding diaryl/α,β-unsaturated/α-hetero) is 1. The number of hydrogen-bond donors (Lipinski definition) is 1. The molecular formula is C18H18BrNO5S. The smallest absolute Gasteiger partial charge is 0.338 e. The molecule has 1 aromatic carbocycles. The molecule has 26 heavy (non-hydrogen) atoms. The van der Waals surface area contributed by atoms with Crippen molar-refractivity contribution in [3.8, 4) is 5.75 Å². The number of esters is 1. The van der Waals surface area contributed by atoms with Gasteiger partial charge in [0.2, 0.25) is 11.7 Å². The summed E-state index contributed by atoms with van der Waals surface area (Å²) in [4.78, 5) is 36.6. The molecule has 0 saturated carbocycles. The molecule has 6 nitrogen and oxygen atoms in total. The van der Waals surface area contributed by atoms with Crippen LogP contribution in [-0.2, 0) is 16.0 Å². The van der Waals surface area contributed by atoms with E-state index in [9.17, 15) is 14.4 Å². The van der Waals surface area contributed by atoms with E-state index in [0.717, 1.165) is 4.88 Å². The first-order valence-electron chi connectivity index (χ1n) is 7.77. The second-order valence-electron chi connectivity index (χ2n) is 5.35. The topological polar surface area (TPSA) is 81.7 Å². The predicted molar refractivity (Wildman–Crippen MR) is 102 cm³/mol. The molecule has 0 aliphatic heterocycles. The summed E-state index contributed by atoms with van der Waals surface area (Å²) in [6.07, 6.45) is 0.650. The Bertz CT molecular complexity index is 818. The van der Waals surface area contributed by atoms with Crippen LogP contribution in [0.5, 0.6) is 5.75 Å². The molecule has 0 radical (unpaired) electrons. The molecule has 1 heterocycles. The highest BCUT2D eigenvalue weighted by atomic mass is 79.9. The van der Waals surface area contributed by atoms with Crippen LogP contribution < -0.4 is 10.1 Å². The average Bonchev–Trinajstić information content (AvgIpc) is 3.08. The van der Waals surface area contributed by atoms with Crippen molar-refractivity contribution in [2.75, 3.05) is 20.3 Å². The number of nitrogens with one attached hydrogen (secondary N) is 1. The van der Waals surface area contributed by atoms with E-state index in [2.05, 4.69) is 21.2 Å². The van der Waals surface area contributed by atoms with E-state index in [1.54, 1.807) is 24.3 Å². The Hall–Kier alpha value is -2.19. The maximum Gasteiger partial charge on any atom is 0.338 e. The lowest BCUT2D eigenvalue weighted by Crippen LogP contribution is -2.22. The van der Waals surface area contributed by atoms with E-state index in [4.69, 9.17) is 9.47 Å². The van der Waals surface area contributed by atoms with Gasteiger partial charge in [-0.05, 0) is 52.7 Å². The Kier molecular flexibility index (Phi) is 7.35. The van der Waals surface area contributed by atoms with Gasteiger partial charge >= 0.3 is 5.97 Å². The summed E-state index contributed by atoms with van der Waals surface area (Å²) in [5, 5.41) is 2.70. The Labute approximate surface area is 163 Å². The summed E-state index contributed by atoms with van der Waals surface area (Å²) in [6.45, 7) is 1.65. The first-order valence-corrected chi connectivity index (χ1v) is 9.38. The van der Waals surface area contributed by atoms with Crippen molar-refractivity contribution < 1.29 is 23.9 Å². The molecule has 2 aromatic rings. The monoisotopic (exact) mass is 439 g/mol. The molecular weight excluding hydrogens is 422 g/mol. The van der Waals surface area contributed by atoms with Crippen LogP contribution in [0.1, 0.15) is 31.8 Å². The molecule has 1 amide bonds. The van der Waals surface area contributed by atoms with Crippen molar-refractivity contribution >= 4 is 44.9 Å². The lowest BCUT2D eigenvalue weighted by Gasteiger charge is -2.06. The average molecular weight is 440 g/mol. The highest BCUT2D eigenvalue weighted by molar-refractivity contribution is 9.10. The first-order chi connectivity index (χ1) is 12.4. The molecule has 0 aliphatic carbocycles. The molecule has 1 aromatic heterocycles. The van der Waals surface area contributed by atoms with E-state index >= 15 is 0 Å². The van der Waals surface area contributed by atoms with Crippen LogP contribution in [0.15, 0.2) is 34.8 Å². The lowest BCUT2D eigenvalue weighted by atomic mass is 10.2. The quantitative estimate of drug-likeness (QED) is 0.504. The van der Waals surface area contributed by atoms with Gasteiger partial charge in [-0.3, -0.25) is 9.59 Å². The number of carbonyl (C=O) groups is 3. The lowest BCUT2D eigenvalue weighted by molar-refractivity contribution is -0.118. The molecule has 1 N–H and O–H groups in total. The van der Waals surface area contributed by atoms with Gasteiger partial charge in [0, 0.05) is 18.3 Å². The van der Waals surface area contributed by atoms with Crippen LogP contribution in [0.2, 0.25) is 0 Å². The number of halogens is 1. The Morgan fingerprint density at radius 3 is 2.62 bits per heavy atom. The fourth-order valence-corrected chi connectivity index (χ4v) is 3.57. The van der Waals surface area contributed by atoms with E-state index in [-0.39, 0.29) is 18.3 Å². The summed E-state index contributed by atoms with van der Waals surface area (Å²) in [7, 11) is 1.53. The van der Waals surface area contributed by atoms with Crippen molar-refractivity contribution in [2.24, 2.45) is 0 Å². The Morgan fingerprint density at radius 1 is 1.19 bits per heavy atom. The summed E-state index contributed by atoms with van der Waals surface area (Å²) < 4.78 is 10.8. The Morgan fingerprint density at radius 2 is 1.96 bits per heavy atom. The number of benzene rings is 1. The highest BCUT2D eigenvalue weighted by Crippen LogP contribution is 2.26. The molecule has 0 saturated heterocycles. The van der Waals surface area contributed by atoms with Gasteiger partial charge in [-0.25, -0.2) is 4.79 Å². The van der Waals surface area contributed by atoms with Crippen LogP contribution in [0.3, 0.4) is 0 Å². The zero-order chi connectivity index (χ0) is 19.1. The number of hydrogen-bond acceptors (Lipinski definition) is 6. The first kappa shape index (κ1) is 20.1. The van der Waals surface area contributed by atoms with E-state index < -0.39 is 5.97 Å². The summed E-state index contributed by atoms with van der Waals surface area (Å²) in [5.74, 6) is -0.330. The number of methoxy groups -OCH3 is 1. The number of rotatable bonds is 8. The highest BCUT2D eigenvalue weighted by Gasteiger charge is 2.15. The molecule has 0 unspecified atom stereocenters. The van der Waals surface area contributed by atoms with E-state index in [1.165, 1.54) is 25.4 Å². The fourth-order valence-electron chi connectivity index (χ4n) is 2.10. The standard InChI is InChI=1S/C18H18BrNO5S/c1-11(21)20-8-7-13-4-6-17(26-13)15(22)10-25-18(23)12-3-5-16(24-2)14(19)9-12/h3-6,9H,7-8,10H2,1-2H3,(H,20,21). The molecule has 0 atom stereocenters. The summed E-state index contributed by atoms with van der Waals surface area (Å²) in [5.41, 5.74) is 0.327. The van der Waals surface area contributed by atoms with Crippen LogP contribution >= 0.6 is 27.3 Å². The Balaban J connectivity index is 1.88. The maximum absolute atomic E-state index is 12.2. The number of ketones is 1. The van der Waals surface area contributed by atoms with Crippen LogP contribution in [0.25, 0.3) is 0 Å². The zero-order valence-corrected chi connectivity index (χ0v) is 16.7. The van der Waals surface area contributed by atoms with Gasteiger partial charge < -0.3 is 14.8 Å². The molecule has 0 aliphatic rings. The molecule has 0 fully saturated rings. The molecule has 8 heteroatoms. The third-order valence-corrected chi connectivity index (χ3v) is 5.21. The maximum atomic E-state index is 12.2. The molecule has 2 rings (SSSR count).